The predicted molar refractivity (Wildman–Crippen MR) is 83.3 cm³/mol. The number of aryl methyl sites for hydroxylation is 2. The van der Waals surface area contributed by atoms with Gasteiger partial charge in [-0.2, -0.15) is 4.31 Å². The summed E-state index contributed by atoms with van der Waals surface area (Å²) >= 11 is 0. The molecule has 1 heterocycles. The second kappa shape index (κ2) is 6.34. The number of nitrogens with zero attached hydrogens (tertiary/aromatic N) is 1. The number of benzene rings is 1. The Morgan fingerprint density at radius 1 is 1.33 bits per heavy atom. The van der Waals surface area contributed by atoms with Gasteiger partial charge in [0.05, 0.1) is 12.0 Å². The van der Waals surface area contributed by atoms with Crippen molar-refractivity contribution in [2.75, 3.05) is 27.2 Å². The Hall–Kier alpha value is -1.11. The third kappa shape index (κ3) is 3.07. The van der Waals surface area contributed by atoms with Crippen molar-refractivity contribution < 1.29 is 13.2 Å². The third-order valence-corrected chi connectivity index (χ3v) is 6.26. The summed E-state index contributed by atoms with van der Waals surface area (Å²) in [6.45, 7) is 4.93. The summed E-state index contributed by atoms with van der Waals surface area (Å²) in [5, 5.41) is 3.08. The van der Waals surface area contributed by atoms with Crippen LogP contribution < -0.4 is 10.1 Å². The van der Waals surface area contributed by atoms with Crippen LogP contribution >= 0.6 is 0 Å². The number of nitrogens with one attached hydrogen (secondary N) is 1. The molecule has 1 saturated heterocycles. The van der Waals surface area contributed by atoms with E-state index in [-0.39, 0.29) is 6.04 Å². The molecule has 1 aromatic rings. The highest BCUT2D eigenvalue weighted by Gasteiger charge is 2.36. The van der Waals surface area contributed by atoms with Crippen LogP contribution in [0.25, 0.3) is 0 Å². The Bertz CT molecular complexity index is 590. The topological polar surface area (TPSA) is 58.6 Å². The molecule has 21 heavy (non-hydrogen) atoms. The standard InChI is InChI=1S/C15H24N2O3S/c1-11-8-14(20-4)9-12(2)15(11)21(18,19)17-7-5-6-13(17)10-16-3/h8-9,13,16H,5-7,10H2,1-4H3. The number of likely N-dealkylation sites (N-methyl/N-ethyl adjacent to an activating group) is 1. The minimum atomic E-state index is -3.46. The van der Waals surface area contributed by atoms with Crippen molar-refractivity contribution in [1.29, 1.82) is 0 Å². The summed E-state index contributed by atoms with van der Waals surface area (Å²) in [6.07, 6.45) is 1.83. The molecular weight excluding hydrogens is 288 g/mol. The largest absolute Gasteiger partial charge is 0.497 e. The SMILES string of the molecule is CNCC1CCCN1S(=O)(=O)c1c(C)cc(OC)cc1C. The van der Waals surface area contributed by atoms with Gasteiger partial charge in [-0.3, -0.25) is 0 Å². The monoisotopic (exact) mass is 312 g/mol. The summed E-state index contributed by atoms with van der Waals surface area (Å²) in [4.78, 5) is 0.423. The molecule has 0 spiro atoms. The first-order chi connectivity index (χ1) is 9.91. The molecule has 1 unspecified atom stereocenters. The van der Waals surface area contributed by atoms with Crippen LogP contribution in [0, 0.1) is 13.8 Å². The zero-order chi connectivity index (χ0) is 15.6. The van der Waals surface area contributed by atoms with E-state index in [1.54, 1.807) is 23.5 Å². The van der Waals surface area contributed by atoms with Crippen LogP contribution in [0.5, 0.6) is 5.75 Å². The first kappa shape index (κ1) is 16.3. The molecule has 0 bridgehead atoms. The Balaban J connectivity index is 2.44. The van der Waals surface area contributed by atoms with E-state index >= 15 is 0 Å². The molecule has 1 N–H and O–H groups in total. The molecule has 0 aliphatic carbocycles. The lowest BCUT2D eigenvalue weighted by Gasteiger charge is -2.25. The van der Waals surface area contributed by atoms with Crippen LogP contribution in [-0.2, 0) is 10.0 Å². The van der Waals surface area contributed by atoms with Gasteiger partial charge in [0, 0.05) is 19.1 Å². The highest BCUT2D eigenvalue weighted by Crippen LogP contribution is 2.31. The summed E-state index contributed by atoms with van der Waals surface area (Å²) in [7, 11) is -0.0154. The van der Waals surface area contributed by atoms with Crippen molar-refractivity contribution in [1.82, 2.24) is 9.62 Å². The second-order valence-corrected chi connectivity index (χ2v) is 7.39. The molecular formula is C15H24N2O3S. The van der Waals surface area contributed by atoms with Gasteiger partial charge in [-0.1, -0.05) is 0 Å². The molecule has 1 fully saturated rings. The Morgan fingerprint density at radius 3 is 2.48 bits per heavy atom. The minimum absolute atomic E-state index is 0.0425. The Morgan fingerprint density at radius 2 is 1.95 bits per heavy atom. The minimum Gasteiger partial charge on any atom is -0.497 e. The molecule has 118 valence electrons. The second-order valence-electron chi connectivity index (χ2n) is 5.56. The lowest BCUT2D eigenvalue weighted by atomic mass is 10.1. The molecule has 1 aliphatic heterocycles. The number of hydrogen-bond acceptors (Lipinski definition) is 4. The van der Waals surface area contributed by atoms with E-state index in [9.17, 15) is 8.42 Å². The predicted octanol–water partition coefficient (Wildman–Crippen LogP) is 1.68. The van der Waals surface area contributed by atoms with Crippen LogP contribution in [-0.4, -0.2) is 46.0 Å². The fraction of sp³-hybridized carbons (Fsp3) is 0.600. The number of ether oxygens (including phenoxy) is 1. The molecule has 0 aromatic heterocycles. The van der Waals surface area contributed by atoms with E-state index in [1.165, 1.54) is 0 Å². The molecule has 6 heteroatoms. The fourth-order valence-electron chi connectivity index (χ4n) is 3.12. The van der Waals surface area contributed by atoms with Crippen LogP contribution in [0.15, 0.2) is 17.0 Å². The van der Waals surface area contributed by atoms with Crippen LogP contribution in [0.3, 0.4) is 0 Å². The van der Waals surface area contributed by atoms with E-state index in [2.05, 4.69) is 5.32 Å². The van der Waals surface area contributed by atoms with Gasteiger partial charge in [-0.15, -0.1) is 0 Å². The maximum atomic E-state index is 13.0. The van der Waals surface area contributed by atoms with Gasteiger partial charge in [0.1, 0.15) is 5.75 Å². The van der Waals surface area contributed by atoms with Gasteiger partial charge in [-0.25, -0.2) is 8.42 Å². The van der Waals surface area contributed by atoms with Crippen molar-refractivity contribution in [3.63, 3.8) is 0 Å². The van der Waals surface area contributed by atoms with Crippen LogP contribution in [0.1, 0.15) is 24.0 Å². The number of sulfonamides is 1. The number of rotatable bonds is 5. The summed E-state index contributed by atoms with van der Waals surface area (Å²) < 4.78 is 32.9. The Labute approximate surface area is 127 Å². The van der Waals surface area contributed by atoms with E-state index in [4.69, 9.17) is 4.74 Å². The normalized spacial score (nSPS) is 19.9. The molecule has 1 atom stereocenters. The highest BCUT2D eigenvalue weighted by atomic mass is 32.2. The fourth-order valence-corrected chi connectivity index (χ4v) is 5.23. The summed E-state index contributed by atoms with van der Waals surface area (Å²) in [5.41, 5.74) is 1.48. The zero-order valence-electron chi connectivity index (χ0n) is 13.1. The van der Waals surface area contributed by atoms with Crippen molar-refractivity contribution >= 4 is 10.0 Å². The van der Waals surface area contributed by atoms with Gasteiger partial charge in [0.15, 0.2) is 0 Å². The first-order valence-corrected chi connectivity index (χ1v) is 8.67. The van der Waals surface area contributed by atoms with Gasteiger partial charge in [0.25, 0.3) is 0 Å². The average Bonchev–Trinajstić information content (AvgIpc) is 2.87. The van der Waals surface area contributed by atoms with Gasteiger partial charge >= 0.3 is 0 Å². The maximum Gasteiger partial charge on any atom is 0.243 e. The van der Waals surface area contributed by atoms with Crippen LogP contribution in [0.2, 0.25) is 0 Å². The van der Waals surface area contributed by atoms with Gasteiger partial charge in [0.2, 0.25) is 10.0 Å². The average molecular weight is 312 g/mol. The molecule has 0 radical (unpaired) electrons. The van der Waals surface area contributed by atoms with Crippen molar-refractivity contribution in [2.24, 2.45) is 0 Å². The quantitative estimate of drug-likeness (QED) is 0.899. The van der Waals surface area contributed by atoms with Crippen molar-refractivity contribution in [3.8, 4) is 5.75 Å². The summed E-state index contributed by atoms with van der Waals surface area (Å²) in [5.74, 6) is 0.692. The lowest BCUT2D eigenvalue weighted by molar-refractivity contribution is 0.378. The molecule has 1 aromatic carbocycles. The maximum absolute atomic E-state index is 13.0. The number of hydrogen-bond donors (Lipinski definition) is 1. The summed E-state index contributed by atoms with van der Waals surface area (Å²) in [6, 6.07) is 3.60. The van der Waals surface area contributed by atoms with Crippen LogP contribution in [0.4, 0.5) is 0 Å². The van der Waals surface area contributed by atoms with Crippen molar-refractivity contribution in [3.05, 3.63) is 23.3 Å². The molecule has 5 nitrogen and oxygen atoms in total. The van der Waals surface area contributed by atoms with Crippen molar-refractivity contribution in [2.45, 2.75) is 37.6 Å². The molecule has 0 amide bonds. The van der Waals surface area contributed by atoms with E-state index in [0.717, 1.165) is 24.0 Å². The first-order valence-electron chi connectivity index (χ1n) is 7.23. The van der Waals surface area contributed by atoms with E-state index < -0.39 is 10.0 Å². The smallest absolute Gasteiger partial charge is 0.243 e. The third-order valence-electron chi connectivity index (χ3n) is 4.00. The highest BCUT2D eigenvalue weighted by molar-refractivity contribution is 7.89. The van der Waals surface area contributed by atoms with E-state index in [0.29, 0.717) is 23.7 Å². The van der Waals surface area contributed by atoms with E-state index in [1.807, 2.05) is 20.9 Å². The Kier molecular flexibility index (Phi) is 4.91. The molecule has 2 rings (SSSR count). The molecule has 1 aliphatic rings. The van der Waals surface area contributed by atoms with Gasteiger partial charge < -0.3 is 10.1 Å². The zero-order valence-corrected chi connectivity index (χ0v) is 14.0. The van der Waals surface area contributed by atoms with Gasteiger partial charge in [-0.05, 0) is 57.0 Å². The lowest BCUT2D eigenvalue weighted by Crippen LogP contribution is -2.41. The molecule has 0 saturated carbocycles. The number of methoxy groups -OCH3 is 1.